The lowest BCUT2D eigenvalue weighted by Crippen LogP contribution is -2.35. The highest BCUT2D eigenvalue weighted by Gasteiger charge is 2.39. The summed E-state index contributed by atoms with van der Waals surface area (Å²) in [5.74, 6) is -0.691. The fourth-order valence-electron chi connectivity index (χ4n) is 2.98. The van der Waals surface area contributed by atoms with E-state index >= 15 is 0 Å². The lowest BCUT2D eigenvalue weighted by Gasteiger charge is -2.17. The lowest BCUT2D eigenvalue weighted by atomic mass is 10.0. The zero-order valence-electron chi connectivity index (χ0n) is 13.9. The minimum absolute atomic E-state index is 0.282. The zero-order valence-corrected chi connectivity index (χ0v) is 13.9. The third kappa shape index (κ3) is 3.07. The van der Waals surface area contributed by atoms with E-state index in [0.29, 0.717) is 18.1 Å². The normalized spacial score (nSPS) is 22.7. The third-order valence-electron chi connectivity index (χ3n) is 4.51. The van der Waals surface area contributed by atoms with Gasteiger partial charge in [0.25, 0.3) is 11.8 Å². The number of pyridine rings is 1. The van der Waals surface area contributed by atoms with Crippen molar-refractivity contribution in [3.63, 3.8) is 0 Å². The van der Waals surface area contributed by atoms with E-state index in [-0.39, 0.29) is 11.6 Å². The quantitative estimate of drug-likeness (QED) is 0.755. The van der Waals surface area contributed by atoms with Crippen LogP contribution in [-0.2, 0) is 4.79 Å². The monoisotopic (exact) mass is 346 g/mol. The van der Waals surface area contributed by atoms with Gasteiger partial charge in [0.15, 0.2) is 6.17 Å². The van der Waals surface area contributed by atoms with Crippen molar-refractivity contribution in [1.29, 1.82) is 0 Å². The van der Waals surface area contributed by atoms with Gasteiger partial charge in [0.1, 0.15) is 11.6 Å². The number of benzene rings is 1. The number of ether oxygens (including phenoxy) is 1. The number of nitrogens with two attached hydrogens (primary N) is 1. The van der Waals surface area contributed by atoms with Crippen LogP contribution in [-0.4, -0.2) is 42.7 Å². The molecule has 0 aliphatic carbocycles. The van der Waals surface area contributed by atoms with E-state index in [1.165, 1.54) is 7.11 Å². The van der Waals surface area contributed by atoms with Gasteiger partial charge in [-0.1, -0.05) is 6.92 Å². The number of carbonyl (C=O) groups excluding carboxylic acids is 2. The number of primary amides is 1. The number of nitrogens with zero attached hydrogens (tertiary/aromatic N) is 1. The molecule has 2 aromatic rings. The molecular formula is C17H19FN4O3. The van der Waals surface area contributed by atoms with Gasteiger partial charge in [0.2, 0.25) is 0 Å². The Kier molecular flexibility index (Phi) is 4.43. The van der Waals surface area contributed by atoms with Gasteiger partial charge >= 0.3 is 0 Å². The number of hydrogen-bond donors (Lipinski definition) is 3. The topological polar surface area (TPSA) is 106 Å². The van der Waals surface area contributed by atoms with Crippen molar-refractivity contribution < 1.29 is 18.7 Å². The molecule has 1 aromatic heterocycles. The molecule has 7 nitrogen and oxygen atoms in total. The van der Waals surface area contributed by atoms with Gasteiger partial charge in [0, 0.05) is 24.0 Å². The van der Waals surface area contributed by atoms with Crippen molar-refractivity contribution in [3.8, 4) is 5.75 Å². The van der Waals surface area contributed by atoms with Gasteiger partial charge in [0.05, 0.1) is 18.7 Å². The van der Waals surface area contributed by atoms with Crippen molar-refractivity contribution in [1.82, 2.24) is 10.3 Å². The Labute approximate surface area is 143 Å². The Morgan fingerprint density at radius 3 is 2.84 bits per heavy atom. The van der Waals surface area contributed by atoms with E-state index in [9.17, 15) is 14.0 Å². The number of alkyl halides is 1. The molecule has 1 aromatic carbocycles. The summed E-state index contributed by atoms with van der Waals surface area (Å²) in [4.78, 5) is 27.2. The fourth-order valence-corrected chi connectivity index (χ4v) is 2.98. The average Bonchev–Trinajstić information content (AvgIpc) is 2.85. The van der Waals surface area contributed by atoms with Crippen molar-refractivity contribution in [2.75, 3.05) is 19.0 Å². The highest BCUT2D eigenvalue weighted by atomic mass is 19.1. The van der Waals surface area contributed by atoms with Gasteiger partial charge in [-0.05, 0) is 23.6 Å². The number of rotatable bonds is 5. The van der Waals surface area contributed by atoms with Crippen LogP contribution in [0.1, 0.15) is 17.3 Å². The van der Waals surface area contributed by atoms with E-state index in [0.717, 1.165) is 10.8 Å². The first kappa shape index (κ1) is 16.9. The molecule has 2 heterocycles. The van der Waals surface area contributed by atoms with Crippen LogP contribution in [0, 0.1) is 5.92 Å². The molecule has 1 saturated heterocycles. The number of carbonyl (C=O) groups is 2. The molecule has 132 valence electrons. The summed E-state index contributed by atoms with van der Waals surface area (Å²) in [6.07, 6.45) is 0.0989. The minimum atomic E-state index is -1.49. The van der Waals surface area contributed by atoms with E-state index < -0.39 is 23.9 Å². The maximum atomic E-state index is 13.6. The molecule has 2 amide bonds. The molecule has 25 heavy (non-hydrogen) atoms. The largest absolute Gasteiger partial charge is 0.496 e. The summed E-state index contributed by atoms with van der Waals surface area (Å²) in [6.45, 7) is 2.02. The summed E-state index contributed by atoms with van der Waals surface area (Å²) in [7, 11) is 1.45. The first-order chi connectivity index (χ1) is 11.9. The highest BCUT2D eigenvalue weighted by Crippen LogP contribution is 2.30. The number of aromatic nitrogens is 1. The van der Waals surface area contributed by atoms with Crippen molar-refractivity contribution in [2.24, 2.45) is 11.7 Å². The Balaban J connectivity index is 1.89. The van der Waals surface area contributed by atoms with Crippen molar-refractivity contribution >= 4 is 28.4 Å². The molecule has 3 rings (SSSR count). The van der Waals surface area contributed by atoms with Gasteiger partial charge in [-0.15, -0.1) is 0 Å². The fraction of sp³-hybridized carbons (Fsp3) is 0.353. The zero-order chi connectivity index (χ0) is 18.1. The summed E-state index contributed by atoms with van der Waals surface area (Å²) >= 11 is 0. The second kappa shape index (κ2) is 6.54. The number of methoxy groups -OCH3 is 1. The molecule has 0 spiro atoms. The van der Waals surface area contributed by atoms with E-state index in [1.807, 2.05) is 0 Å². The van der Waals surface area contributed by atoms with Crippen LogP contribution in [0.2, 0.25) is 0 Å². The number of fused-ring (bicyclic) bond motifs is 1. The lowest BCUT2D eigenvalue weighted by molar-refractivity contribution is -0.123. The van der Waals surface area contributed by atoms with Crippen LogP contribution in [0.3, 0.4) is 0 Å². The molecule has 1 aliphatic heterocycles. The second-order valence-electron chi connectivity index (χ2n) is 6.05. The van der Waals surface area contributed by atoms with E-state index in [4.69, 9.17) is 10.5 Å². The van der Waals surface area contributed by atoms with Crippen LogP contribution in [0.25, 0.3) is 10.8 Å². The predicted molar refractivity (Wildman–Crippen MR) is 91.3 cm³/mol. The van der Waals surface area contributed by atoms with Crippen molar-refractivity contribution in [3.05, 3.63) is 30.0 Å². The Morgan fingerprint density at radius 1 is 1.48 bits per heavy atom. The molecule has 1 aliphatic rings. The second-order valence-corrected chi connectivity index (χ2v) is 6.05. The van der Waals surface area contributed by atoms with Crippen LogP contribution >= 0.6 is 0 Å². The summed E-state index contributed by atoms with van der Waals surface area (Å²) < 4.78 is 18.9. The molecule has 8 heteroatoms. The van der Waals surface area contributed by atoms with Gasteiger partial charge < -0.3 is 21.1 Å². The molecule has 3 unspecified atom stereocenters. The van der Waals surface area contributed by atoms with Crippen LogP contribution in [0.15, 0.2) is 24.4 Å². The Bertz CT molecular complexity index is 842. The van der Waals surface area contributed by atoms with Gasteiger partial charge in [-0.3, -0.25) is 9.59 Å². The SMILES string of the molecule is COc1cc2c(NCC3NC(=O)C(F)C3C)nccc2cc1C(N)=O. The number of anilines is 1. The molecule has 0 radical (unpaired) electrons. The summed E-state index contributed by atoms with van der Waals surface area (Å²) in [6, 6.07) is 4.75. The summed E-state index contributed by atoms with van der Waals surface area (Å²) in [5, 5.41) is 7.26. The van der Waals surface area contributed by atoms with Crippen LogP contribution < -0.4 is 21.1 Å². The predicted octanol–water partition coefficient (Wildman–Crippen LogP) is 1.23. The number of amides is 2. The van der Waals surface area contributed by atoms with Crippen LogP contribution in [0.4, 0.5) is 10.2 Å². The third-order valence-corrected chi connectivity index (χ3v) is 4.51. The Hall–Kier alpha value is -2.90. The number of nitrogens with one attached hydrogen (secondary N) is 2. The minimum Gasteiger partial charge on any atom is -0.496 e. The van der Waals surface area contributed by atoms with Gasteiger partial charge in [-0.2, -0.15) is 0 Å². The standard InChI is InChI=1S/C17H19FN4O3/c1-8-12(22-17(24)14(8)18)7-21-16-10-6-13(25-2)11(15(19)23)5-9(10)3-4-20-16/h3-6,8,12,14H,7H2,1-2H3,(H2,19,23)(H,20,21)(H,22,24). The maximum Gasteiger partial charge on any atom is 0.255 e. The molecule has 1 fully saturated rings. The maximum absolute atomic E-state index is 13.6. The molecular weight excluding hydrogens is 327 g/mol. The van der Waals surface area contributed by atoms with Crippen molar-refractivity contribution in [2.45, 2.75) is 19.1 Å². The first-order valence-corrected chi connectivity index (χ1v) is 7.87. The molecule has 4 N–H and O–H groups in total. The highest BCUT2D eigenvalue weighted by molar-refractivity contribution is 6.03. The smallest absolute Gasteiger partial charge is 0.255 e. The van der Waals surface area contributed by atoms with Gasteiger partial charge in [-0.25, -0.2) is 9.37 Å². The molecule has 0 saturated carbocycles. The van der Waals surface area contributed by atoms with Crippen LogP contribution in [0.5, 0.6) is 5.75 Å². The Morgan fingerprint density at radius 2 is 2.24 bits per heavy atom. The van der Waals surface area contributed by atoms with E-state index in [2.05, 4.69) is 15.6 Å². The van der Waals surface area contributed by atoms with E-state index in [1.54, 1.807) is 31.3 Å². The number of hydrogen-bond acceptors (Lipinski definition) is 5. The summed E-state index contributed by atoms with van der Waals surface area (Å²) in [5.41, 5.74) is 5.66. The average molecular weight is 346 g/mol. The molecule has 0 bridgehead atoms. The molecule has 3 atom stereocenters. The first-order valence-electron chi connectivity index (χ1n) is 7.87. The number of halogens is 1.